The van der Waals surface area contributed by atoms with Crippen molar-refractivity contribution in [3.63, 3.8) is 0 Å². The summed E-state index contributed by atoms with van der Waals surface area (Å²) in [4.78, 5) is 4.05. The molecule has 0 aliphatic heterocycles. The van der Waals surface area contributed by atoms with E-state index in [1.54, 1.807) is 25.2 Å². The number of nitriles is 1. The predicted molar refractivity (Wildman–Crippen MR) is 62.7 cm³/mol. The lowest BCUT2D eigenvalue weighted by Gasteiger charge is -2.03. The fourth-order valence-electron chi connectivity index (χ4n) is 1.11. The highest BCUT2D eigenvalue weighted by molar-refractivity contribution is 6.28. The number of benzene rings is 1. The number of alkyl halides is 1. The Morgan fingerprint density at radius 2 is 2.40 bits per heavy atom. The second-order valence-corrected chi connectivity index (χ2v) is 3.10. The highest BCUT2D eigenvalue weighted by Crippen LogP contribution is 2.21. The Morgan fingerprint density at radius 3 is 2.93 bits per heavy atom. The molecule has 0 aromatic heterocycles. The van der Waals surface area contributed by atoms with Gasteiger partial charge in [-0.15, -0.1) is 11.6 Å². The highest BCUT2D eigenvalue weighted by Gasteiger charge is 2.01. The monoisotopic (exact) mass is 222 g/mol. The van der Waals surface area contributed by atoms with Gasteiger partial charge in [-0.25, -0.2) is 4.99 Å². The minimum atomic E-state index is 0.176. The second-order valence-electron chi connectivity index (χ2n) is 2.83. The number of nitrogens with zero attached hydrogens (tertiary/aromatic N) is 2. The molecule has 0 heterocycles. The molecule has 15 heavy (non-hydrogen) atoms. The molecule has 3 N–H and O–H groups in total. The molecule has 0 unspecified atom stereocenters. The minimum absolute atomic E-state index is 0.176. The van der Waals surface area contributed by atoms with Crippen LogP contribution in [0.25, 0.3) is 0 Å². The summed E-state index contributed by atoms with van der Waals surface area (Å²) in [6, 6.07) is 7.28. The summed E-state index contributed by atoms with van der Waals surface area (Å²) >= 11 is 5.50. The Hall–Kier alpha value is -1.73. The summed E-state index contributed by atoms with van der Waals surface area (Å²) < 4.78 is 0. The van der Waals surface area contributed by atoms with Gasteiger partial charge < -0.3 is 11.1 Å². The molecule has 0 bridgehead atoms. The third-order valence-electron chi connectivity index (χ3n) is 1.80. The number of hydrogen-bond donors (Lipinski definition) is 2. The van der Waals surface area contributed by atoms with Gasteiger partial charge in [-0.2, -0.15) is 5.26 Å². The summed E-state index contributed by atoms with van der Waals surface area (Å²) in [5.74, 6) is 0.508. The van der Waals surface area contributed by atoms with Crippen molar-refractivity contribution in [3.05, 3.63) is 23.8 Å². The van der Waals surface area contributed by atoms with Crippen molar-refractivity contribution in [3.8, 4) is 6.07 Å². The maximum Gasteiger partial charge on any atom is 0.115 e. The lowest BCUT2D eigenvalue weighted by Crippen LogP contribution is -2.12. The lowest BCUT2D eigenvalue weighted by atomic mass is 10.2. The van der Waals surface area contributed by atoms with Crippen molar-refractivity contribution in [2.45, 2.75) is 0 Å². The van der Waals surface area contributed by atoms with Crippen LogP contribution in [-0.2, 0) is 0 Å². The molecule has 1 aromatic carbocycles. The van der Waals surface area contributed by atoms with Gasteiger partial charge in [0, 0.05) is 7.05 Å². The molecule has 1 aromatic rings. The maximum atomic E-state index is 8.87. The van der Waals surface area contributed by atoms with E-state index in [-0.39, 0.29) is 5.88 Å². The molecular weight excluding hydrogens is 212 g/mol. The number of nitrogens with one attached hydrogen (secondary N) is 1. The fourth-order valence-corrected chi connectivity index (χ4v) is 1.17. The Balaban J connectivity index is 3.10. The molecule has 4 nitrogen and oxygen atoms in total. The van der Waals surface area contributed by atoms with Gasteiger partial charge in [-0.3, -0.25) is 0 Å². The fraction of sp³-hybridized carbons (Fsp3) is 0.200. The minimum Gasteiger partial charge on any atom is -0.387 e. The molecular formula is C10H11ClN4. The third kappa shape index (κ3) is 2.86. The summed E-state index contributed by atoms with van der Waals surface area (Å²) in [5.41, 5.74) is 7.41. The Kier molecular flexibility index (Phi) is 3.95. The van der Waals surface area contributed by atoms with Gasteiger partial charge >= 0.3 is 0 Å². The average molecular weight is 223 g/mol. The smallest absolute Gasteiger partial charge is 0.115 e. The van der Waals surface area contributed by atoms with E-state index in [0.29, 0.717) is 17.1 Å². The average Bonchev–Trinajstić information content (AvgIpc) is 2.28. The van der Waals surface area contributed by atoms with Crippen molar-refractivity contribution in [1.29, 1.82) is 5.26 Å². The van der Waals surface area contributed by atoms with Crippen LogP contribution < -0.4 is 11.1 Å². The first-order chi connectivity index (χ1) is 7.21. The molecule has 1 rings (SSSR count). The quantitative estimate of drug-likeness (QED) is 0.466. The third-order valence-corrected chi connectivity index (χ3v) is 2.08. The van der Waals surface area contributed by atoms with Crippen LogP contribution >= 0.6 is 11.6 Å². The standard InChI is InChI=1S/C10H11ClN4/c1-14-9-3-2-8(4-7(9)6-12)15-10(13)5-11/h2-4,14H,5H2,1H3,(H2,13,15). The van der Waals surface area contributed by atoms with Crippen molar-refractivity contribution < 1.29 is 0 Å². The normalized spacial score (nSPS) is 10.9. The molecule has 78 valence electrons. The van der Waals surface area contributed by atoms with Crippen LogP contribution in [0.15, 0.2) is 23.2 Å². The van der Waals surface area contributed by atoms with E-state index in [9.17, 15) is 0 Å². The number of rotatable bonds is 3. The molecule has 0 radical (unpaired) electrons. The summed E-state index contributed by atoms with van der Waals surface area (Å²) in [7, 11) is 1.76. The first-order valence-corrected chi connectivity index (χ1v) is 4.85. The zero-order chi connectivity index (χ0) is 11.3. The van der Waals surface area contributed by atoms with Crippen LogP contribution in [0.2, 0.25) is 0 Å². The molecule has 0 aliphatic carbocycles. The van der Waals surface area contributed by atoms with E-state index in [4.69, 9.17) is 22.6 Å². The highest BCUT2D eigenvalue weighted by atomic mass is 35.5. The van der Waals surface area contributed by atoms with Crippen LogP contribution in [0.4, 0.5) is 11.4 Å². The summed E-state index contributed by atoms with van der Waals surface area (Å²) in [6.07, 6.45) is 0. The zero-order valence-electron chi connectivity index (χ0n) is 8.29. The number of anilines is 1. The van der Waals surface area contributed by atoms with Gasteiger partial charge in [-0.05, 0) is 18.2 Å². The van der Waals surface area contributed by atoms with Crippen molar-refractivity contribution >= 4 is 28.8 Å². The Labute approximate surface area is 93.4 Å². The van der Waals surface area contributed by atoms with E-state index in [0.717, 1.165) is 5.69 Å². The number of hydrogen-bond acceptors (Lipinski definition) is 3. The van der Waals surface area contributed by atoms with Gasteiger partial charge in [0.15, 0.2) is 0 Å². The van der Waals surface area contributed by atoms with Crippen molar-refractivity contribution in [1.82, 2.24) is 0 Å². The van der Waals surface area contributed by atoms with E-state index >= 15 is 0 Å². The molecule has 0 aliphatic rings. The van der Waals surface area contributed by atoms with E-state index in [2.05, 4.69) is 16.4 Å². The van der Waals surface area contributed by atoms with Gasteiger partial charge in [0.05, 0.1) is 22.8 Å². The van der Waals surface area contributed by atoms with Gasteiger partial charge in [0.1, 0.15) is 11.9 Å². The van der Waals surface area contributed by atoms with Gasteiger partial charge in [-0.1, -0.05) is 0 Å². The van der Waals surface area contributed by atoms with Gasteiger partial charge in [0.2, 0.25) is 0 Å². The Bertz CT molecular complexity index is 420. The van der Waals surface area contributed by atoms with Crippen LogP contribution in [-0.4, -0.2) is 18.8 Å². The molecule has 0 atom stereocenters. The number of halogens is 1. The Morgan fingerprint density at radius 1 is 1.67 bits per heavy atom. The molecule has 0 saturated carbocycles. The number of aliphatic imine (C=N–C) groups is 1. The molecule has 0 spiro atoms. The van der Waals surface area contributed by atoms with E-state index < -0.39 is 0 Å². The van der Waals surface area contributed by atoms with Crippen LogP contribution in [0.5, 0.6) is 0 Å². The van der Waals surface area contributed by atoms with Gasteiger partial charge in [0.25, 0.3) is 0 Å². The lowest BCUT2D eigenvalue weighted by molar-refractivity contribution is 1.40. The molecule has 0 saturated heterocycles. The van der Waals surface area contributed by atoms with Crippen molar-refractivity contribution in [2.75, 3.05) is 18.2 Å². The molecule has 0 fully saturated rings. The summed E-state index contributed by atoms with van der Waals surface area (Å²) in [6.45, 7) is 0. The number of nitrogens with two attached hydrogens (primary N) is 1. The van der Waals surface area contributed by atoms with Crippen molar-refractivity contribution in [2.24, 2.45) is 10.7 Å². The van der Waals surface area contributed by atoms with Crippen LogP contribution in [0.3, 0.4) is 0 Å². The zero-order valence-corrected chi connectivity index (χ0v) is 9.04. The summed E-state index contributed by atoms with van der Waals surface area (Å²) in [5, 5.41) is 11.8. The topological polar surface area (TPSA) is 74.2 Å². The first kappa shape index (κ1) is 11.3. The van der Waals surface area contributed by atoms with Crippen LogP contribution in [0, 0.1) is 11.3 Å². The number of amidine groups is 1. The maximum absolute atomic E-state index is 8.87. The van der Waals surface area contributed by atoms with E-state index in [1.165, 1.54) is 0 Å². The van der Waals surface area contributed by atoms with E-state index in [1.807, 2.05) is 0 Å². The molecule has 5 heteroatoms. The van der Waals surface area contributed by atoms with Crippen LogP contribution in [0.1, 0.15) is 5.56 Å². The second kappa shape index (κ2) is 5.23. The predicted octanol–water partition coefficient (Wildman–Crippen LogP) is 1.83. The first-order valence-electron chi connectivity index (χ1n) is 4.32. The SMILES string of the molecule is CNc1ccc(N=C(N)CCl)cc1C#N. The molecule has 0 amide bonds. The largest absolute Gasteiger partial charge is 0.387 e.